The van der Waals surface area contributed by atoms with Crippen molar-refractivity contribution in [1.29, 1.82) is 0 Å². The summed E-state index contributed by atoms with van der Waals surface area (Å²) in [6, 6.07) is 10.5. The Hall–Kier alpha value is -3.01. The van der Waals surface area contributed by atoms with Crippen molar-refractivity contribution in [3.63, 3.8) is 0 Å². The van der Waals surface area contributed by atoms with Crippen LogP contribution in [0.15, 0.2) is 57.6 Å². The molecule has 1 aliphatic rings. The Balaban J connectivity index is 1.69. The molecular weight excluding hydrogens is 489 g/mol. The van der Waals surface area contributed by atoms with Gasteiger partial charge in [-0.25, -0.2) is 4.79 Å². The van der Waals surface area contributed by atoms with Gasteiger partial charge >= 0.3 is 5.97 Å². The number of nitrogens with zero attached hydrogens (tertiary/aromatic N) is 2. The third kappa shape index (κ3) is 6.98. The van der Waals surface area contributed by atoms with E-state index >= 15 is 0 Å². The molecule has 172 valence electrons. The average Bonchev–Trinajstić information content (AvgIpc) is 3.13. The Morgan fingerprint density at radius 1 is 1.15 bits per heavy atom. The second-order valence-electron chi connectivity index (χ2n) is 6.40. The van der Waals surface area contributed by atoms with Gasteiger partial charge < -0.3 is 14.2 Å². The number of amidine groups is 1. The fourth-order valence-electron chi connectivity index (χ4n) is 2.58. The van der Waals surface area contributed by atoms with Gasteiger partial charge in [-0.3, -0.25) is 10.1 Å². The van der Waals surface area contributed by atoms with Gasteiger partial charge in [-0.15, -0.1) is 5.10 Å². The molecule has 11 heteroatoms. The van der Waals surface area contributed by atoms with Crippen LogP contribution in [0.4, 0.5) is 0 Å². The molecule has 1 N–H and O–H groups in total. The van der Waals surface area contributed by atoms with E-state index in [1.807, 2.05) is 6.92 Å². The molecule has 2 aromatic rings. The molecule has 0 aliphatic carbocycles. The zero-order valence-electron chi connectivity index (χ0n) is 17.6. The van der Waals surface area contributed by atoms with Crippen LogP contribution >= 0.6 is 35.0 Å². The summed E-state index contributed by atoms with van der Waals surface area (Å²) in [6.07, 6.45) is 2.60. The minimum Gasteiger partial charge on any atom is -0.490 e. The Kier molecular flexibility index (Phi) is 8.76. The predicted molar refractivity (Wildman–Crippen MR) is 129 cm³/mol. The highest BCUT2D eigenvalue weighted by molar-refractivity contribution is 8.18. The predicted octanol–water partition coefficient (Wildman–Crippen LogP) is 4.58. The zero-order chi connectivity index (χ0) is 23.8. The van der Waals surface area contributed by atoms with Gasteiger partial charge in [0.1, 0.15) is 6.61 Å². The van der Waals surface area contributed by atoms with Crippen LogP contribution in [-0.4, -0.2) is 37.0 Å². The molecule has 0 atom stereocenters. The van der Waals surface area contributed by atoms with Gasteiger partial charge in [-0.2, -0.15) is 5.10 Å². The topological polar surface area (TPSA) is 98.6 Å². The first kappa shape index (κ1) is 24.6. The SMILES string of the molecule is CCOc1cc(C=N/N=C2/NC(=O)/C(=C\C(=O)OC)S2)ccc1OCc1ccc(Cl)cc1Cl. The summed E-state index contributed by atoms with van der Waals surface area (Å²) in [5.74, 6) is 0.00957. The van der Waals surface area contributed by atoms with Crippen molar-refractivity contribution in [2.45, 2.75) is 13.5 Å². The molecule has 1 heterocycles. The number of methoxy groups -OCH3 is 1. The Labute approximate surface area is 204 Å². The van der Waals surface area contributed by atoms with Crippen LogP contribution in [0.5, 0.6) is 11.5 Å². The molecule has 0 saturated carbocycles. The monoisotopic (exact) mass is 507 g/mol. The lowest BCUT2D eigenvalue weighted by molar-refractivity contribution is -0.135. The zero-order valence-corrected chi connectivity index (χ0v) is 20.0. The van der Waals surface area contributed by atoms with E-state index in [0.717, 1.165) is 23.4 Å². The molecule has 8 nitrogen and oxygen atoms in total. The number of thioether (sulfide) groups is 1. The number of hydrogen-bond donors (Lipinski definition) is 1. The Morgan fingerprint density at radius 3 is 2.70 bits per heavy atom. The van der Waals surface area contributed by atoms with E-state index in [4.69, 9.17) is 32.7 Å². The van der Waals surface area contributed by atoms with E-state index in [2.05, 4.69) is 20.3 Å². The summed E-state index contributed by atoms with van der Waals surface area (Å²) < 4.78 is 16.1. The van der Waals surface area contributed by atoms with Gasteiger partial charge in [0.25, 0.3) is 5.91 Å². The quantitative estimate of drug-likeness (QED) is 0.243. The molecule has 0 aromatic heterocycles. The lowest BCUT2D eigenvalue weighted by Gasteiger charge is -2.13. The molecule has 33 heavy (non-hydrogen) atoms. The van der Waals surface area contributed by atoms with Crippen LogP contribution in [-0.2, 0) is 20.9 Å². The number of esters is 1. The number of ether oxygens (including phenoxy) is 3. The van der Waals surface area contributed by atoms with Crippen molar-refractivity contribution in [1.82, 2.24) is 5.32 Å². The van der Waals surface area contributed by atoms with Gasteiger partial charge in [0.2, 0.25) is 0 Å². The maximum absolute atomic E-state index is 11.8. The van der Waals surface area contributed by atoms with Crippen molar-refractivity contribution in [2.75, 3.05) is 13.7 Å². The van der Waals surface area contributed by atoms with Crippen molar-refractivity contribution in [3.05, 3.63) is 68.6 Å². The van der Waals surface area contributed by atoms with Crippen molar-refractivity contribution < 1.29 is 23.8 Å². The molecule has 2 aromatic carbocycles. The number of hydrogen-bond acceptors (Lipinski definition) is 8. The lowest BCUT2D eigenvalue weighted by Crippen LogP contribution is -2.19. The smallest absolute Gasteiger partial charge is 0.331 e. The summed E-state index contributed by atoms with van der Waals surface area (Å²) >= 11 is 13.1. The summed E-state index contributed by atoms with van der Waals surface area (Å²) in [7, 11) is 1.23. The van der Waals surface area contributed by atoms with Crippen LogP contribution in [0.3, 0.4) is 0 Å². The molecule has 1 saturated heterocycles. The number of nitrogens with one attached hydrogen (secondary N) is 1. The van der Waals surface area contributed by atoms with Crippen LogP contribution in [0, 0.1) is 0 Å². The summed E-state index contributed by atoms with van der Waals surface area (Å²) in [5, 5.41) is 11.8. The standard InChI is InChI=1S/C22H19Cl2N3O5S/c1-3-31-18-8-13(4-7-17(18)32-12-14-5-6-15(23)9-16(14)24)11-25-27-22-26-21(29)19(33-22)10-20(28)30-2/h4-11H,3,12H2,1-2H3,(H,26,27,29)/b19-10+,25-11?. The van der Waals surface area contributed by atoms with Crippen molar-refractivity contribution in [3.8, 4) is 11.5 Å². The van der Waals surface area contributed by atoms with Crippen LogP contribution in [0.2, 0.25) is 10.0 Å². The van der Waals surface area contributed by atoms with E-state index in [9.17, 15) is 9.59 Å². The number of amides is 1. The van der Waals surface area contributed by atoms with Gasteiger partial charge in [0.05, 0.1) is 24.8 Å². The average molecular weight is 508 g/mol. The van der Waals surface area contributed by atoms with E-state index in [-0.39, 0.29) is 16.7 Å². The molecule has 1 aliphatic heterocycles. The van der Waals surface area contributed by atoms with Crippen LogP contribution < -0.4 is 14.8 Å². The molecule has 1 amide bonds. The van der Waals surface area contributed by atoms with E-state index in [0.29, 0.717) is 33.7 Å². The highest BCUT2D eigenvalue weighted by atomic mass is 35.5. The molecule has 1 fully saturated rings. The maximum atomic E-state index is 11.8. The number of rotatable bonds is 8. The van der Waals surface area contributed by atoms with E-state index < -0.39 is 11.9 Å². The first-order valence-electron chi connectivity index (χ1n) is 9.63. The first-order chi connectivity index (χ1) is 15.9. The van der Waals surface area contributed by atoms with Crippen molar-refractivity contribution in [2.24, 2.45) is 10.2 Å². The van der Waals surface area contributed by atoms with E-state index in [1.165, 1.54) is 13.3 Å². The molecular formula is C22H19Cl2N3O5S. The minimum absolute atomic E-state index is 0.178. The third-order valence-electron chi connectivity index (χ3n) is 4.12. The largest absolute Gasteiger partial charge is 0.490 e. The normalized spacial score (nSPS) is 15.8. The first-order valence-corrected chi connectivity index (χ1v) is 11.2. The van der Waals surface area contributed by atoms with E-state index in [1.54, 1.807) is 36.4 Å². The fourth-order valence-corrected chi connectivity index (χ4v) is 3.78. The van der Waals surface area contributed by atoms with Gasteiger partial charge in [-0.1, -0.05) is 29.3 Å². The Morgan fingerprint density at radius 2 is 1.97 bits per heavy atom. The fraction of sp³-hybridized carbons (Fsp3) is 0.182. The highest BCUT2D eigenvalue weighted by Gasteiger charge is 2.25. The third-order valence-corrected chi connectivity index (χ3v) is 5.61. The minimum atomic E-state index is -0.624. The second kappa shape index (κ2) is 11.7. The molecule has 3 rings (SSSR count). The van der Waals surface area contributed by atoms with Crippen LogP contribution in [0.25, 0.3) is 0 Å². The summed E-state index contributed by atoms with van der Waals surface area (Å²) in [5.41, 5.74) is 1.50. The van der Waals surface area contributed by atoms with Crippen LogP contribution in [0.1, 0.15) is 18.1 Å². The molecule has 0 radical (unpaired) electrons. The molecule has 0 spiro atoms. The lowest BCUT2D eigenvalue weighted by atomic mass is 10.2. The number of halogens is 2. The van der Waals surface area contributed by atoms with Gasteiger partial charge in [-0.05, 0) is 54.6 Å². The molecule has 0 bridgehead atoms. The van der Waals surface area contributed by atoms with Gasteiger partial charge in [0.15, 0.2) is 16.7 Å². The number of benzene rings is 2. The number of carbonyl (C=O) groups is 2. The highest BCUT2D eigenvalue weighted by Crippen LogP contribution is 2.30. The Bertz CT molecular complexity index is 1150. The summed E-state index contributed by atoms with van der Waals surface area (Å²) in [6.45, 7) is 2.56. The summed E-state index contributed by atoms with van der Waals surface area (Å²) in [4.78, 5) is 23.3. The molecule has 0 unspecified atom stereocenters. The second-order valence-corrected chi connectivity index (χ2v) is 8.28. The number of carbonyl (C=O) groups excluding carboxylic acids is 2. The maximum Gasteiger partial charge on any atom is 0.331 e. The van der Waals surface area contributed by atoms with Crippen molar-refractivity contribution >= 4 is 58.2 Å². The van der Waals surface area contributed by atoms with Gasteiger partial charge in [0, 0.05) is 21.7 Å².